The zero-order valence-electron chi connectivity index (χ0n) is 15.3. The van der Waals surface area contributed by atoms with Gasteiger partial charge in [-0.25, -0.2) is 14.4 Å². The van der Waals surface area contributed by atoms with Crippen molar-refractivity contribution in [1.29, 1.82) is 0 Å². The van der Waals surface area contributed by atoms with Crippen LogP contribution < -0.4 is 10.6 Å². The molecule has 28 heavy (non-hydrogen) atoms. The number of aromatic nitrogens is 2. The van der Waals surface area contributed by atoms with E-state index in [2.05, 4.69) is 20.6 Å². The third-order valence-electron chi connectivity index (χ3n) is 4.09. The van der Waals surface area contributed by atoms with Crippen LogP contribution in [0.15, 0.2) is 60.9 Å². The second-order valence-corrected chi connectivity index (χ2v) is 6.14. The van der Waals surface area contributed by atoms with E-state index < -0.39 is 5.91 Å². The quantitative estimate of drug-likeness (QED) is 0.612. The average Bonchev–Trinajstić information content (AvgIpc) is 2.70. The predicted molar refractivity (Wildman–Crippen MR) is 105 cm³/mol. The highest BCUT2D eigenvalue weighted by atomic mass is 19.1. The SMILES string of the molecule is CC(=O)c1ccc(NC(=O)c2cnc(NCCc3ccccc3F)cn2)cc1. The van der Waals surface area contributed by atoms with Gasteiger partial charge in [0.1, 0.15) is 17.3 Å². The summed E-state index contributed by atoms with van der Waals surface area (Å²) in [6, 6.07) is 13.2. The van der Waals surface area contributed by atoms with E-state index in [1.807, 2.05) is 0 Å². The van der Waals surface area contributed by atoms with Crippen LogP contribution in [0.2, 0.25) is 0 Å². The number of carbonyl (C=O) groups excluding carboxylic acids is 2. The van der Waals surface area contributed by atoms with Gasteiger partial charge >= 0.3 is 0 Å². The molecule has 0 aliphatic carbocycles. The lowest BCUT2D eigenvalue weighted by atomic mass is 10.1. The normalized spacial score (nSPS) is 10.4. The molecule has 142 valence electrons. The van der Waals surface area contributed by atoms with Gasteiger partial charge in [-0.1, -0.05) is 18.2 Å². The molecule has 2 aromatic carbocycles. The van der Waals surface area contributed by atoms with Crippen molar-refractivity contribution < 1.29 is 14.0 Å². The van der Waals surface area contributed by atoms with Gasteiger partial charge in [-0.15, -0.1) is 0 Å². The third-order valence-corrected chi connectivity index (χ3v) is 4.09. The molecular weight excluding hydrogens is 359 g/mol. The highest BCUT2D eigenvalue weighted by molar-refractivity contribution is 6.03. The van der Waals surface area contributed by atoms with Gasteiger partial charge in [0, 0.05) is 17.8 Å². The Morgan fingerprint density at radius 1 is 1.00 bits per heavy atom. The van der Waals surface area contributed by atoms with Crippen LogP contribution in [0.3, 0.4) is 0 Å². The highest BCUT2D eigenvalue weighted by Gasteiger charge is 2.09. The summed E-state index contributed by atoms with van der Waals surface area (Å²) in [6.07, 6.45) is 3.33. The minimum Gasteiger partial charge on any atom is -0.368 e. The predicted octanol–water partition coefficient (Wildman–Crippen LogP) is 3.73. The number of rotatable bonds is 7. The van der Waals surface area contributed by atoms with Crippen molar-refractivity contribution in [3.05, 3.63) is 83.6 Å². The van der Waals surface area contributed by atoms with Crippen molar-refractivity contribution >= 4 is 23.2 Å². The number of nitrogens with zero attached hydrogens (tertiary/aromatic N) is 2. The Kier molecular flexibility index (Phi) is 6.06. The molecule has 0 atom stereocenters. The van der Waals surface area contributed by atoms with E-state index in [1.165, 1.54) is 25.4 Å². The summed E-state index contributed by atoms with van der Waals surface area (Å²) in [5, 5.41) is 5.75. The molecule has 0 spiro atoms. The summed E-state index contributed by atoms with van der Waals surface area (Å²) in [5.74, 6) is -0.180. The molecule has 1 aromatic heterocycles. The van der Waals surface area contributed by atoms with Crippen molar-refractivity contribution in [3.8, 4) is 0 Å². The van der Waals surface area contributed by atoms with Crippen molar-refractivity contribution in [3.63, 3.8) is 0 Å². The van der Waals surface area contributed by atoms with Crippen LogP contribution in [0.1, 0.15) is 33.3 Å². The smallest absolute Gasteiger partial charge is 0.275 e. The largest absolute Gasteiger partial charge is 0.368 e. The molecule has 1 heterocycles. The highest BCUT2D eigenvalue weighted by Crippen LogP contribution is 2.12. The lowest BCUT2D eigenvalue weighted by Gasteiger charge is -2.08. The second-order valence-electron chi connectivity index (χ2n) is 6.14. The van der Waals surface area contributed by atoms with Gasteiger partial charge in [-0.2, -0.15) is 0 Å². The Morgan fingerprint density at radius 2 is 1.75 bits per heavy atom. The van der Waals surface area contributed by atoms with Crippen LogP contribution in [0.5, 0.6) is 0 Å². The maximum Gasteiger partial charge on any atom is 0.275 e. The van der Waals surface area contributed by atoms with Crippen molar-refractivity contribution in [2.45, 2.75) is 13.3 Å². The topological polar surface area (TPSA) is 84.0 Å². The van der Waals surface area contributed by atoms with Gasteiger partial charge in [0.15, 0.2) is 5.78 Å². The Balaban J connectivity index is 1.53. The summed E-state index contributed by atoms with van der Waals surface area (Å²) >= 11 is 0. The van der Waals surface area contributed by atoms with Crippen molar-refractivity contribution in [1.82, 2.24) is 9.97 Å². The molecular formula is C21H19FN4O2. The molecule has 6 nitrogen and oxygen atoms in total. The summed E-state index contributed by atoms with van der Waals surface area (Å²) in [5.41, 5.74) is 1.91. The number of ketones is 1. The number of carbonyl (C=O) groups is 2. The Hall–Kier alpha value is -3.61. The summed E-state index contributed by atoms with van der Waals surface area (Å²) in [4.78, 5) is 31.8. The van der Waals surface area contributed by atoms with Gasteiger partial charge in [0.2, 0.25) is 0 Å². The van der Waals surface area contributed by atoms with Gasteiger partial charge in [0.25, 0.3) is 5.91 Å². The van der Waals surface area contributed by atoms with E-state index >= 15 is 0 Å². The van der Waals surface area contributed by atoms with Gasteiger partial charge < -0.3 is 10.6 Å². The fourth-order valence-corrected chi connectivity index (χ4v) is 2.55. The van der Waals surface area contributed by atoms with E-state index in [9.17, 15) is 14.0 Å². The molecule has 3 rings (SSSR count). The van der Waals surface area contributed by atoms with Crippen LogP contribution in [-0.4, -0.2) is 28.2 Å². The first kappa shape index (κ1) is 19.2. The number of amides is 1. The molecule has 0 unspecified atom stereocenters. The minimum absolute atomic E-state index is 0.0400. The van der Waals surface area contributed by atoms with Crippen LogP contribution in [0.4, 0.5) is 15.9 Å². The van der Waals surface area contributed by atoms with Crippen LogP contribution in [-0.2, 0) is 6.42 Å². The Bertz CT molecular complexity index is 972. The number of Topliss-reactive ketones (excluding diaryl/α,β-unsaturated/α-hetero) is 1. The first-order valence-corrected chi connectivity index (χ1v) is 8.74. The van der Waals surface area contributed by atoms with Crippen LogP contribution in [0, 0.1) is 5.82 Å². The van der Waals surface area contributed by atoms with E-state index in [1.54, 1.807) is 42.5 Å². The van der Waals surface area contributed by atoms with E-state index in [4.69, 9.17) is 0 Å². The maximum absolute atomic E-state index is 13.6. The molecule has 3 aromatic rings. The maximum atomic E-state index is 13.6. The number of benzene rings is 2. The molecule has 2 N–H and O–H groups in total. The zero-order valence-corrected chi connectivity index (χ0v) is 15.3. The number of hydrogen-bond donors (Lipinski definition) is 2. The first-order chi connectivity index (χ1) is 13.5. The first-order valence-electron chi connectivity index (χ1n) is 8.74. The van der Waals surface area contributed by atoms with Gasteiger partial charge in [-0.3, -0.25) is 9.59 Å². The molecule has 0 saturated heterocycles. The van der Waals surface area contributed by atoms with Gasteiger partial charge in [-0.05, 0) is 49.2 Å². The number of nitrogens with one attached hydrogen (secondary N) is 2. The minimum atomic E-state index is -0.402. The lowest BCUT2D eigenvalue weighted by Crippen LogP contribution is -2.15. The standard InChI is InChI=1S/C21H19FN4O2/c1-14(27)15-6-8-17(9-7-15)26-21(28)19-12-25-20(13-24-19)23-11-10-16-4-2-3-5-18(16)22/h2-9,12-13H,10-11H2,1H3,(H,23,25)(H,26,28). The molecule has 0 radical (unpaired) electrons. The monoisotopic (exact) mass is 378 g/mol. The summed E-state index contributed by atoms with van der Waals surface area (Å²) in [7, 11) is 0. The fraction of sp³-hybridized carbons (Fsp3) is 0.143. The molecule has 1 amide bonds. The molecule has 0 aliphatic rings. The Labute approximate surface area is 161 Å². The third kappa shape index (κ3) is 4.97. The van der Waals surface area contributed by atoms with Gasteiger partial charge in [0.05, 0.1) is 12.4 Å². The zero-order chi connectivity index (χ0) is 19.9. The fourth-order valence-electron chi connectivity index (χ4n) is 2.55. The average molecular weight is 378 g/mol. The van der Waals surface area contributed by atoms with Crippen LogP contribution >= 0.6 is 0 Å². The number of anilines is 2. The van der Waals surface area contributed by atoms with E-state index in [-0.39, 0.29) is 17.3 Å². The molecule has 0 fully saturated rings. The van der Waals surface area contributed by atoms with E-state index in [0.717, 1.165) is 0 Å². The van der Waals surface area contributed by atoms with Crippen molar-refractivity contribution in [2.75, 3.05) is 17.2 Å². The number of hydrogen-bond acceptors (Lipinski definition) is 5. The lowest BCUT2D eigenvalue weighted by molar-refractivity contribution is 0.101. The number of halogens is 1. The Morgan fingerprint density at radius 3 is 2.39 bits per heavy atom. The molecule has 0 aliphatic heterocycles. The summed E-state index contributed by atoms with van der Waals surface area (Å²) in [6.45, 7) is 1.97. The van der Waals surface area contributed by atoms with E-state index in [0.29, 0.717) is 35.6 Å². The molecule has 0 bridgehead atoms. The van der Waals surface area contributed by atoms with Crippen LogP contribution in [0.25, 0.3) is 0 Å². The molecule has 0 saturated carbocycles. The van der Waals surface area contributed by atoms with Crippen molar-refractivity contribution in [2.24, 2.45) is 0 Å². The summed E-state index contributed by atoms with van der Waals surface area (Å²) < 4.78 is 13.6. The second kappa shape index (κ2) is 8.85. The molecule has 7 heteroatoms.